The molecule has 0 amide bonds. The molecule has 0 radical (unpaired) electrons. The number of nitrogens with zero attached hydrogens (tertiary/aromatic N) is 1. The second-order valence-corrected chi connectivity index (χ2v) is 2.11. The number of allylic oxidation sites excluding steroid dienone is 1. The lowest BCUT2D eigenvalue weighted by Crippen LogP contribution is -1.83. The van der Waals surface area contributed by atoms with E-state index in [9.17, 15) is 0 Å². The molecule has 0 bridgehead atoms. The van der Waals surface area contributed by atoms with Crippen LogP contribution in [0.25, 0.3) is 0 Å². The minimum atomic E-state index is 0.435. The van der Waals surface area contributed by atoms with Gasteiger partial charge in [0.05, 0.1) is 6.04 Å². The fourth-order valence-corrected chi connectivity index (χ4v) is 0.818. The molecule has 8 heavy (non-hydrogen) atoms. The first-order valence-corrected chi connectivity index (χ1v) is 3.07. The molecule has 0 aliphatic carbocycles. The maximum absolute atomic E-state index is 4.17. The molecule has 0 spiro atoms. The van der Waals surface area contributed by atoms with Crippen molar-refractivity contribution >= 4 is 6.21 Å². The van der Waals surface area contributed by atoms with Crippen molar-refractivity contribution in [2.24, 2.45) is 4.99 Å². The Morgan fingerprint density at radius 2 is 2.50 bits per heavy atom. The molecule has 0 N–H and O–H groups in total. The van der Waals surface area contributed by atoms with Crippen LogP contribution in [0.2, 0.25) is 0 Å². The summed E-state index contributed by atoms with van der Waals surface area (Å²) >= 11 is 0. The van der Waals surface area contributed by atoms with Gasteiger partial charge in [0.2, 0.25) is 0 Å². The summed E-state index contributed by atoms with van der Waals surface area (Å²) in [6, 6.07) is 0.435. The maximum Gasteiger partial charge on any atom is 0.0657 e. The average molecular weight is 109 g/mol. The minimum absolute atomic E-state index is 0.435. The number of rotatable bonds is 1. The molecule has 0 aromatic heterocycles. The summed E-state index contributed by atoms with van der Waals surface area (Å²) in [7, 11) is 0. The predicted molar refractivity (Wildman–Crippen MR) is 36.3 cm³/mol. The smallest absolute Gasteiger partial charge is 0.0657 e. The zero-order chi connectivity index (χ0) is 5.98. The number of aliphatic imine (C=N–C) groups is 1. The van der Waals surface area contributed by atoms with E-state index in [4.69, 9.17) is 0 Å². The third kappa shape index (κ3) is 0.971. The van der Waals surface area contributed by atoms with Crippen LogP contribution in [-0.4, -0.2) is 12.3 Å². The Morgan fingerprint density at radius 3 is 2.75 bits per heavy atom. The third-order valence-corrected chi connectivity index (χ3v) is 1.34. The fourth-order valence-electron chi connectivity index (χ4n) is 0.818. The Morgan fingerprint density at radius 1 is 1.75 bits per heavy atom. The number of hydrogen-bond donors (Lipinski definition) is 0. The summed E-state index contributed by atoms with van der Waals surface area (Å²) in [6.07, 6.45) is 5.28. The Kier molecular flexibility index (Phi) is 1.47. The van der Waals surface area contributed by atoms with Crippen molar-refractivity contribution in [2.75, 3.05) is 0 Å². The van der Waals surface area contributed by atoms with Gasteiger partial charge < -0.3 is 0 Å². The molecule has 0 unspecified atom stereocenters. The lowest BCUT2D eigenvalue weighted by atomic mass is 10.2. The van der Waals surface area contributed by atoms with Gasteiger partial charge in [-0.25, -0.2) is 0 Å². The molecule has 0 aromatic rings. The van der Waals surface area contributed by atoms with Gasteiger partial charge in [-0.05, 0) is 18.9 Å². The summed E-state index contributed by atoms with van der Waals surface area (Å²) in [5.74, 6) is 0. The summed E-state index contributed by atoms with van der Waals surface area (Å²) in [5, 5.41) is 0. The quantitative estimate of drug-likeness (QED) is 0.487. The average Bonchev–Trinajstić information content (AvgIpc) is 2.14. The summed E-state index contributed by atoms with van der Waals surface area (Å²) in [5.41, 5.74) is 1.37. The Balaban J connectivity index is 2.58. The van der Waals surface area contributed by atoms with Crippen molar-refractivity contribution in [1.29, 1.82) is 0 Å². The maximum atomic E-state index is 4.17. The van der Waals surface area contributed by atoms with Gasteiger partial charge >= 0.3 is 0 Å². The van der Waals surface area contributed by atoms with E-state index in [-0.39, 0.29) is 0 Å². The van der Waals surface area contributed by atoms with Crippen LogP contribution < -0.4 is 0 Å². The Bertz CT molecular complexity index is 133. The normalized spacial score (nSPS) is 26.2. The van der Waals surface area contributed by atoms with Crippen molar-refractivity contribution in [3.05, 3.63) is 11.6 Å². The topological polar surface area (TPSA) is 12.4 Å². The van der Waals surface area contributed by atoms with Gasteiger partial charge in [0.15, 0.2) is 0 Å². The highest BCUT2D eigenvalue weighted by atomic mass is 14.8. The fraction of sp³-hybridized carbons (Fsp3) is 0.571. The zero-order valence-electron chi connectivity index (χ0n) is 5.39. The largest absolute Gasteiger partial charge is 0.286 e. The molecule has 0 saturated carbocycles. The van der Waals surface area contributed by atoms with E-state index in [1.165, 1.54) is 5.57 Å². The Labute approximate surface area is 50.1 Å². The van der Waals surface area contributed by atoms with E-state index in [0.717, 1.165) is 6.42 Å². The standard InChI is InChI=1S/C7H11N/c1-3-7-4-6(2)8-5-7/h4-6H,3H2,1-2H3/t6-/m1/s1. The molecular formula is C7H11N. The van der Waals surface area contributed by atoms with E-state index in [1.807, 2.05) is 6.21 Å². The molecule has 1 atom stereocenters. The van der Waals surface area contributed by atoms with Crippen LogP contribution in [0.5, 0.6) is 0 Å². The minimum Gasteiger partial charge on any atom is -0.286 e. The van der Waals surface area contributed by atoms with Crippen LogP contribution in [0.1, 0.15) is 20.3 Å². The van der Waals surface area contributed by atoms with Crippen molar-refractivity contribution in [1.82, 2.24) is 0 Å². The van der Waals surface area contributed by atoms with Crippen LogP contribution in [0.3, 0.4) is 0 Å². The Hall–Kier alpha value is -0.590. The lowest BCUT2D eigenvalue weighted by molar-refractivity contribution is 0.945. The van der Waals surface area contributed by atoms with Crippen LogP contribution in [0, 0.1) is 0 Å². The van der Waals surface area contributed by atoms with Crippen LogP contribution in [0.4, 0.5) is 0 Å². The highest BCUT2D eigenvalue weighted by Gasteiger charge is 2.01. The molecule has 1 nitrogen and oxygen atoms in total. The van der Waals surface area contributed by atoms with E-state index in [0.29, 0.717) is 6.04 Å². The van der Waals surface area contributed by atoms with Gasteiger partial charge in [-0.2, -0.15) is 0 Å². The van der Waals surface area contributed by atoms with Gasteiger partial charge in [-0.1, -0.05) is 13.0 Å². The van der Waals surface area contributed by atoms with Gasteiger partial charge in [0.25, 0.3) is 0 Å². The molecule has 0 fully saturated rings. The van der Waals surface area contributed by atoms with E-state index in [2.05, 4.69) is 24.9 Å². The highest BCUT2D eigenvalue weighted by molar-refractivity contribution is 5.81. The van der Waals surface area contributed by atoms with Gasteiger partial charge in [-0.15, -0.1) is 0 Å². The first kappa shape index (κ1) is 5.54. The summed E-state index contributed by atoms with van der Waals surface area (Å²) < 4.78 is 0. The lowest BCUT2D eigenvalue weighted by Gasteiger charge is -1.87. The van der Waals surface area contributed by atoms with Gasteiger partial charge in [0.1, 0.15) is 0 Å². The van der Waals surface area contributed by atoms with Crippen molar-refractivity contribution in [2.45, 2.75) is 26.3 Å². The molecule has 1 heteroatoms. The molecule has 1 heterocycles. The third-order valence-electron chi connectivity index (χ3n) is 1.34. The van der Waals surface area contributed by atoms with E-state index < -0.39 is 0 Å². The van der Waals surface area contributed by atoms with Gasteiger partial charge in [0, 0.05) is 6.21 Å². The van der Waals surface area contributed by atoms with Crippen LogP contribution in [0.15, 0.2) is 16.6 Å². The second kappa shape index (κ2) is 2.12. The van der Waals surface area contributed by atoms with Gasteiger partial charge in [-0.3, -0.25) is 4.99 Å². The van der Waals surface area contributed by atoms with Crippen LogP contribution >= 0.6 is 0 Å². The second-order valence-electron chi connectivity index (χ2n) is 2.11. The van der Waals surface area contributed by atoms with E-state index in [1.54, 1.807) is 0 Å². The summed E-state index contributed by atoms with van der Waals surface area (Å²) in [6.45, 7) is 4.25. The number of hydrogen-bond acceptors (Lipinski definition) is 1. The summed E-state index contributed by atoms with van der Waals surface area (Å²) in [4.78, 5) is 4.17. The molecule has 1 aliphatic rings. The molecule has 1 aliphatic heterocycles. The van der Waals surface area contributed by atoms with Crippen molar-refractivity contribution < 1.29 is 0 Å². The molecule has 44 valence electrons. The monoisotopic (exact) mass is 109 g/mol. The van der Waals surface area contributed by atoms with Crippen molar-refractivity contribution in [3.8, 4) is 0 Å². The van der Waals surface area contributed by atoms with Crippen LogP contribution in [-0.2, 0) is 0 Å². The molecule has 0 saturated heterocycles. The van der Waals surface area contributed by atoms with Crippen molar-refractivity contribution in [3.63, 3.8) is 0 Å². The zero-order valence-corrected chi connectivity index (χ0v) is 5.39. The molecule has 0 aromatic carbocycles. The predicted octanol–water partition coefficient (Wildman–Crippen LogP) is 1.80. The molecule has 1 rings (SSSR count). The molecular weight excluding hydrogens is 98.1 g/mol. The SMILES string of the molecule is CCC1=C[C@@H](C)N=C1. The first-order chi connectivity index (χ1) is 3.83. The van der Waals surface area contributed by atoms with E-state index >= 15 is 0 Å². The first-order valence-electron chi connectivity index (χ1n) is 3.07. The highest BCUT2D eigenvalue weighted by Crippen LogP contribution is 2.08.